The number of allylic oxidation sites excluding steroid dienone is 1. The molecule has 0 radical (unpaired) electrons. The highest BCUT2D eigenvalue weighted by molar-refractivity contribution is 5.87. The van der Waals surface area contributed by atoms with Gasteiger partial charge in [0.05, 0.1) is 0 Å². The fourth-order valence-electron chi connectivity index (χ4n) is 2.04. The first-order chi connectivity index (χ1) is 7.34. The largest absolute Gasteiger partial charge is 0.422 e. The molecule has 0 spiro atoms. The smallest absolute Gasteiger partial charge is 0.336 e. The molecule has 15 heavy (non-hydrogen) atoms. The van der Waals surface area contributed by atoms with E-state index in [4.69, 9.17) is 4.42 Å². The lowest BCUT2D eigenvalue weighted by molar-refractivity contribution is 0.559. The second kappa shape index (κ2) is 3.09. The third kappa shape index (κ3) is 1.30. The van der Waals surface area contributed by atoms with Crippen LogP contribution in [0.5, 0.6) is 0 Å². The van der Waals surface area contributed by atoms with E-state index in [-0.39, 0.29) is 5.63 Å². The molecular formula is C13H10O2. The van der Waals surface area contributed by atoms with Gasteiger partial charge >= 0.3 is 5.63 Å². The highest BCUT2D eigenvalue weighted by atomic mass is 16.4. The zero-order valence-corrected chi connectivity index (χ0v) is 8.19. The van der Waals surface area contributed by atoms with Gasteiger partial charge in [-0.15, -0.1) is 0 Å². The van der Waals surface area contributed by atoms with E-state index >= 15 is 0 Å². The van der Waals surface area contributed by atoms with Gasteiger partial charge in [0.2, 0.25) is 0 Å². The first-order valence-corrected chi connectivity index (χ1v) is 5.07. The number of fused-ring (bicyclic) bond motifs is 3. The molecule has 2 heteroatoms. The normalized spacial score (nSPS) is 14.1. The highest BCUT2D eigenvalue weighted by Gasteiger charge is 2.10. The molecule has 0 fully saturated rings. The maximum Gasteiger partial charge on any atom is 0.336 e. The van der Waals surface area contributed by atoms with Crippen LogP contribution < -0.4 is 5.63 Å². The van der Waals surface area contributed by atoms with Gasteiger partial charge in [-0.1, -0.05) is 24.3 Å². The van der Waals surface area contributed by atoms with Crippen molar-refractivity contribution in [2.75, 3.05) is 0 Å². The predicted octanol–water partition coefficient (Wildman–Crippen LogP) is 2.75. The Labute approximate surface area is 86.8 Å². The molecule has 2 nitrogen and oxygen atoms in total. The summed E-state index contributed by atoms with van der Waals surface area (Å²) < 4.78 is 5.25. The summed E-state index contributed by atoms with van der Waals surface area (Å²) in [6, 6.07) is 7.39. The Balaban J connectivity index is 2.46. The van der Waals surface area contributed by atoms with Crippen LogP contribution in [-0.2, 0) is 6.42 Å². The number of benzene rings is 1. The van der Waals surface area contributed by atoms with Gasteiger partial charge in [-0.25, -0.2) is 4.79 Å². The molecule has 0 aliphatic heterocycles. The Morgan fingerprint density at radius 2 is 2.00 bits per heavy atom. The Morgan fingerprint density at radius 3 is 2.93 bits per heavy atom. The van der Waals surface area contributed by atoms with Gasteiger partial charge in [-0.3, -0.25) is 0 Å². The van der Waals surface area contributed by atoms with E-state index < -0.39 is 0 Å². The first kappa shape index (κ1) is 8.48. The maximum atomic E-state index is 11.2. The summed E-state index contributed by atoms with van der Waals surface area (Å²) in [7, 11) is 0. The molecule has 0 saturated carbocycles. The Morgan fingerprint density at radius 1 is 1.13 bits per heavy atom. The summed E-state index contributed by atoms with van der Waals surface area (Å²) in [5.74, 6) is 0. The van der Waals surface area contributed by atoms with Crippen molar-refractivity contribution in [1.29, 1.82) is 0 Å². The van der Waals surface area contributed by atoms with Crippen LogP contribution >= 0.6 is 0 Å². The van der Waals surface area contributed by atoms with Crippen molar-refractivity contribution >= 4 is 17.0 Å². The SMILES string of the molecule is O=c1ccc2ccc3c(c2o1)C=CCC3. The molecule has 1 aromatic heterocycles. The topological polar surface area (TPSA) is 30.2 Å². The Hall–Kier alpha value is -1.83. The molecular weight excluding hydrogens is 188 g/mol. The summed E-state index contributed by atoms with van der Waals surface area (Å²) in [6.07, 6.45) is 6.26. The van der Waals surface area contributed by atoms with Crippen LogP contribution in [0, 0.1) is 0 Å². The van der Waals surface area contributed by atoms with Gasteiger partial charge in [0, 0.05) is 17.0 Å². The number of rotatable bonds is 0. The van der Waals surface area contributed by atoms with Gasteiger partial charge in [0.1, 0.15) is 5.58 Å². The van der Waals surface area contributed by atoms with Crippen molar-refractivity contribution in [2.45, 2.75) is 12.8 Å². The number of hydrogen-bond acceptors (Lipinski definition) is 2. The lowest BCUT2D eigenvalue weighted by Gasteiger charge is -2.11. The maximum absolute atomic E-state index is 11.2. The number of aryl methyl sites for hydroxylation is 1. The Kier molecular flexibility index (Phi) is 1.75. The molecule has 0 atom stereocenters. The van der Waals surface area contributed by atoms with E-state index in [1.807, 2.05) is 18.2 Å². The lowest BCUT2D eigenvalue weighted by atomic mass is 9.95. The quantitative estimate of drug-likeness (QED) is 0.609. The predicted molar refractivity (Wildman–Crippen MR) is 59.8 cm³/mol. The molecule has 0 N–H and O–H groups in total. The molecule has 2 aromatic rings. The molecule has 74 valence electrons. The van der Waals surface area contributed by atoms with Crippen LogP contribution in [0.15, 0.2) is 39.6 Å². The van der Waals surface area contributed by atoms with E-state index in [2.05, 4.69) is 12.1 Å². The van der Waals surface area contributed by atoms with E-state index in [9.17, 15) is 4.79 Å². The van der Waals surface area contributed by atoms with Gasteiger partial charge < -0.3 is 4.42 Å². The third-order valence-corrected chi connectivity index (χ3v) is 2.78. The molecule has 1 heterocycles. The molecule has 3 rings (SSSR count). The molecule has 0 bridgehead atoms. The van der Waals surface area contributed by atoms with Gasteiger partial charge in [-0.05, 0) is 24.5 Å². The molecule has 1 aliphatic rings. The van der Waals surface area contributed by atoms with Crippen molar-refractivity contribution in [2.24, 2.45) is 0 Å². The molecule has 0 saturated heterocycles. The van der Waals surface area contributed by atoms with E-state index in [0.29, 0.717) is 0 Å². The van der Waals surface area contributed by atoms with Gasteiger partial charge in [0.15, 0.2) is 0 Å². The summed E-state index contributed by atoms with van der Waals surface area (Å²) in [5.41, 5.74) is 2.77. The van der Waals surface area contributed by atoms with Crippen molar-refractivity contribution in [1.82, 2.24) is 0 Å². The molecule has 0 unspecified atom stereocenters. The summed E-state index contributed by atoms with van der Waals surface area (Å²) >= 11 is 0. The monoisotopic (exact) mass is 198 g/mol. The van der Waals surface area contributed by atoms with Gasteiger partial charge in [-0.2, -0.15) is 0 Å². The fourth-order valence-corrected chi connectivity index (χ4v) is 2.04. The zero-order chi connectivity index (χ0) is 10.3. The van der Waals surface area contributed by atoms with Crippen molar-refractivity contribution in [3.8, 4) is 0 Å². The van der Waals surface area contributed by atoms with Crippen LogP contribution in [0.25, 0.3) is 17.0 Å². The minimum absolute atomic E-state index is 0.283. The van der Waals surface area contributed by atoms with Crippen molar-refractivity contribution in [3.63, 3.8) is 0 Å². The van der Waals surface area contributed by atoms with E-state index in [1.165, 1.54) is 11.6 Å². The summed E-state index contributed by atoms with van der Waals surface area (Å²) in [5, 5.41) is 0.986. The van der Waals surface area contributed by atoms with Crippen LogP contribution in [0.4, 0.5) is 0 Å². The van der Waals surface area contributed by atoms with Crippen LogP contribution in [-0.4, -0.2) is 0 Å². The van der Waals surface area contributed by atoms with Crippen molar-refractivity contribution in [3.05, 3.63) is 51.9 Å². The zero-order valence-electron chi connectivity index (χ0n) is 8.19. The average molecular weight is 198 g/mol. The van der Waals surface area contributed by atoms with Crippen LogP contribution in [0.2, 0.25) is 0 Å². The second-order valence-corrected chi connectivity index (χ2v) is 3.75. The average Bonchev–Trinajstić information content (AvgIpc) is 2.29. The summed E-state index contributed by atoms with van der Waals surface area (Å²) in [6.45, 7) is 0. The van der Waals surface area contributed by atoms with E-state index in [1.54, 1.807) is 0 Å². The van der Waals surface area contributed by atoms with E-state index in [0.717, 1.165) is 29.4 Å². The molecule has 1 aromatic carbocycles. The van der Waals surface area contributed by atoms with Crippen LogP contribution in [0.3, 0.4) is 0 Å². The second-order valence-electron chi connectivity index (χ2n) is 3.75. The highest BCUT2D eigenvalue weighted by Crippen LogP contribution is 2.26. The molecule has 1 aliphatic carbocycles. The number of hydrogen-bond donors (Lipinski definition) is 0. The minimum atomic E-state index is -0.283. The lowest BCUT2D eigenvalue weighted by Crippen LogP contribution is -1.99. The third-order valence-electron chi connectivity index (χ3n) is 2.78. The van der Waals surface area contributed by atoms with Crippen molar-refractivity contribution < 1.29 is 4.42 Å². The standard InChI is InChI=1S/C13H10O2/c14-12-8-7-10-6-5-9-3-1-2-4-11(9)13(10)15-12/h2,4-8H,1,3H2. The Bertz CT molecular complexity index is 605. The summed E-state index contributed by atoms with van der Waals surface area (Å²) in [4.78, 5) is 11.2. The minimum Gasteiger partial charge on any atom is -0.422 e. The first-order valence-electron chi connectivity index (χ1n) is 5.07. The van der Waals surface area contributed by atoms with Crippen LogP contribution in [0.1, 0.15) is 17.5 Å². The fraction of sp³-hybridized carbons (Fsp3) is 0.154. The van der Waals surface area contributed by atoms with Gasteiger partial charge in [0.25, 0.3) is 0 Å². The molecule has 0 amide bonds.